The molecule has 0 spiro atoms. The fraction of sp³-hybridized carbons (Fsp3) is 0.375. The molecule has 1 N–H and O–H groups in total. The number of rotatable bonds is 8. The van der Waals surface area contributed by atoms with E-state index in [1.165, 1.54) is 0 Å². The minimum atomic E-state index is -1.26. The molecule has 0 bridgehead atoms. The molecule has 1 fully saturated rings. The highest BCUT2D eigenvalue weighted by atomic mass is 32.2. The third-order valence-corrected chi connectivity index (χ3v) is 8.30. The van der Waals surface area contributed by atoms with Gasteiger partial charge in [0.2, 0.25) is 0 Å². The Morgan fingerprint density at radius 1 is 1.12 bits per heavy atom. The van der Waals surface area contributed by atoms with Crippen molar-refractivity contribution in [3.05, 3.63) is 78.0 Å². The minimum Gasteiger partial charge on any atom is -0.612 e. The minimum absolute atomic E-state index is 0.118. The Balaban J connectivity index is 1.54. The van der Waals surface area contributed by atoms with E-state index in [0.29, 0.717) is 27.8 Å². The highest BCUT2D eigenvalue weighted by Crippen LogP contribution is 2.32. The highest BCUT2D eigenvalue weighted by Gasteiger charge is 2.23. The summed E-state index contributed by atoms with van der Waals surface area (Å²) in [6, 6.07) is 13.3. The number of amides is 1. The average Bonchev–Trinajstić information content (AvgIpc) is 3.25. The van der Waals surface area contributed by atoms with Crippen LogP contribution in [-0.4, -0.2) is 70.5 Å². The molecule has 8 nitrogen and oxygen atoms in total. The van der Waals surface area contributed by atoms with Crippen molar-refractivity contribution in [1.29, 1.82) is 0 Å². The van der Waals surface area contributed by atoms with Gasteiger partial charge in [-0.05, 0) is 66.5 Å². The predicted molar refractivity (Wildman–Crippen MR) is 169 cm³/mol. The second kappa shape index (κ2) is 12.5. The van der Waals surface area contributed by atoms with Gasteiger partial charge in [-0.15, -0.1) is 0 Å². The number of aliphatic imine (C=N–C) groups is 1. The van der Waals surface area contributed by atoms with Crippen molar-refractivity contribution >= 4 is 39.9 Å². The van der Waals surface area contributed by atoms with E-state index in [2.05, 4.69) is 54.5 Å². The van der Waals surface area contributed by atoms with E-state index in [4.69, 9.17) is 4.74 Å². The topological polar surface area (TPSA) is 85.2 Å². The standard InChI is InChI=1S/C32H41N5O3S/c1-22(14-15-33-23(2)37-18-16-35(6)17-19-37)40-28-11-9-10-24-20-27(36(7)30(24)28)31(38)34-26-21-25(32(3,4)5)12-13-29(26)41(8)39/h9-15,20-21H,2,16-19H2,1,3-8H3,(H,34,38)/b22-14+,33-15-. The van der Waals surface area contributed by atoms with Crippen LogP contribution in [0.2, 0.25) is 0 Å². The van der Waals surface area contributed by atoms with Crippen LogP contribution in [0.15, 0.2) is 76.6 Å². The molecular weight excluding hydrogens is 534 g/mol. The van der Waals surface area contributed by atoms with Crippen molar-refractivity contribution in [3.8, 4) is 5.75 Å². The molecule has 1 aromatic heterocycles. The van der Waals surface area contributed by atoms with Crippen LogP contribution >= 0.6 is 0 Å². The van der Waals surface area contributed by atoms with Gasteiger partial charge in [0, 0.05) is 44.8 Å². The summed E-state index contributed by atoms with van der Waals surface area (Å²) in [5, 5.41) is 3.89. The number of ether oxygens (including phenoxy) is 1. The summed E-state index contributed by atoms with van der Waals surface area (Å²) in [6.45, 7) is 16.1. The molecule has 1 aliphatic heterocycles. The maximum Gasteiger partial charge on any atom is 0.272 e. The lowest BCUT2D eigenvalue weighted by Crippen LogP contribution is -2.43. The molecule has 3 aromatic rings. The number of anilines is 1. The first-order valence-corrected chi connectivity index (χ1v) is 15.3. The van der Waals surface area contributed by atoms with Gasteiger partial charge in [-0.2, -0.15) is 0 Å². The zero-order valence-electron chi connectivity index (χ0n) is 25.2. The average molecular weight is 576 g/mol. The number of benzene rings is 2. The fourth-order valence-electron chi connectivity index (χ4n) is 4.79. The van der Waals surface area contributed by atoms with E-state index >= 15 is 0 Å². The zero-order chi connectivity index (χ0) is 29.9. The lowest BCUT2D eigenvalue weighted by molar-refractivity contribution is 0.101. The number of para-hydroxylation sites is 1. The summed E-state index contributed by atoms with van der Waals surface area (Å²) < 4.78 is 20.4. The van der Waals surface area contributed by atoms with E-state index in [0.717, 1.165) is 48.5 Å². The molecule has 1 aliphatic rings. The number of aryl methyl sites for hydroxylation is 1. The van der Waals surface area contributed by atoms with E-state index in [9.17, 15) is 9.35 Å². The Hall–Kier alpha value is -3.53. The van der Waals surface area contributed by atoms with Crippen LogP contribution < -0.4 is 10.1 Å². The first kappa shape index (κ1) is 30.4. The summed E-state index contributed by atoms with van der Waals surface area (Å²) in [6.07, 6.45) is 5.14. The van der Waals surface area contributed by atoms with Crippen molar-refractivity contribution in [3.63, 3.8) is 0 Å². The third-order valence-electron chi connectivity index (χ3n) is 7.33. The van der Waals surface area contributed by atoms with Crippen molar-refractivity contribution in [2.75, 3.05) is 44.8 Å². The summed E-state index contributed by atoms with van der Waals surface area (Å²) in [5.41, 5.74) is 2.75. The van der Waals surface area contributed by atoms with Crippen LogP contribution in [0, 0.1) is 0 Å². The maximum atomic E-state index is 13.5. The van der Waals surface area contributed by atoms with Gasteiger partial charge in [-0.25, -0.2) is 4.99 Å². The van der Waals surface area contributed by atoms with Gasteiger partial charge < -0.3 is 29.0 Å². The number of nitrogens with zero attached hydrogens (tertiary/aromatic N) is 4. The zero-order valence-corrected chi connectivity index (χ0v) is 26.0. The number of aromatic nitrogens is 1. The van der Waals surface area contributed by atoms with Crippen molar-refractivity contribution in [2.45, 2.75) is 38.0 Å². The predicted octanol–water partition coefficient (Wildman–Crippen LogP) is 5.54. The van der Waals surface area contributed by atoms with Crippen LogP contribution in [0.3, 0.4) is 0 Å². The molecular formula is C32H41N5O3S. The van der Waals surface area contributed by atoms with E-state index in [1.54, 1.807) is 12.5 Å². The van der Waals surface area contributed by atoms with Gasteiger partial charge in [0.1, 0.15) is 23.5 Å². The van der Waals surface area contributed by atoms with Gasteiger partial charge in [0.15, 0.2) is 10.6 Å². The number of likely N-dealkylation sites (N-methyl/N-ethyl adjacent to an activating group) is 1. The Morgan fingerprint density at radius 2 is 1.83 bits per heavy atom. The summed E-state index contributed by atoms with van der Waals surface area (Å²) in [5.74, 6) is 1.75. The van der Waals surface area contributed by atoms with Gasteiger partial charge in [-0.1, -0.05) is 45.5 Å². The molecule has 4 rings (SSSR count). The maximum absolute atomic E-state index is 13.5. The van der Waals surface area contributed by atoms with Crippen LogP contribution in [0.5, 0.6) is 5.75 Å². The highest BCUT2D eigenvalue weighted by molar-refractivity contribution is 7.90. The Kier molecular flexibility index (Phi) is 9.31. The largest absolute Gasteiger partial charge is 0.612 e. The summed E-state index contributed by atoms with van der Waals surface area (Å²) >= 11 is -1.26. The van der Waals surface area contributed by atoms with Crippen LogP contribution in [0.4, 0.5) is 5.69 Å². The molecule has 0 radical (unpaired) electrons. The third kappa shape index (κ3) is 7.22. The molecule has 2 aromatic carbocycles. The number of carbonyl (C=O) groups excluding carboxylic acids is 1. The second-order valence-corrected chi connectivity index (χ2v) is 12.9. The van der Waals surface area contributed by atoms with E-state index < -0.39 is 11.2 Å². The van der Waals surface area contributed by atoms with E-state index in [-0.39, 0.29) is 11.3 Å². The smallest absolute Gasteiger partial charge is 0.272 e. The molecule has 0 saturated carbocycles. The first-order chi connectivity index (χ1) is 19.3. The van der Waals surface area contributed by atoms with Gasteiger partial charge >= 0.3 is 0 Å². The van der Waals surface area contributed by atoms with Crippen molar-refractivity contribution in [2.24, 2.45) is 12.0 Å². The molecule has 1 saturated heterocycles. The van der Waals surface area contributed by atoms with Crippen molar-refractivity contribution < 1.29 is 14.1 Å². The first-order valence-electron chi connectivity index (χ1n) is 13.7. The molecule has 41 heavy (non-hydrogen) atoms. The number of fused-ring (bicyclic) bond motifs is 1. The Morgan fingerprint density at radius 3 is 2.49 bits per heavy atom. The second-order valence-electron chi connectivity index (χ2n) is 11.5. The van der Waals surface area contributed by atoms with Gasteiger partial charge in [0.25, 0.3) is 5.91 Å². The van der Waals surface area contributed by atoms with Crippen LogP contribution in [-0.2, 0) is 23.6 Å². The Bertz CT molecular complexity index is 1490. The molecule has 1 atom stereocenters. The monoisotopic (exact) mass is 575 g/mol. The Labute approximate surface area is 246 Å². The fourth-order valence-corrected chi connectivity index (χ4v) is 5.47. The number of hydrogen-bond donors (Lipinski definition) is 1. The number of carbonyl (C=O) groups is 1. The number of nitrogens with one attached hydrogen (secondary N) is 1. The van der Waals surface area contributed by atoms with Crippen LogP contribution in [0.1, 0.15) is 43.7 Å². The lowest BCUT2D eigenvalue weighted by Gasteiger charge is -2.33. The van der Waals surface area contributed by atoms with Gasteiger partial charge in [0.05, 0.1) is 11.2 Å². The number of hydrogen-bond acceptors (Lipinski definition) is 6. The molecule has 1 unspecified atom stereocenters. The number of allylic oxidation sites excluding steroid dienone is 2. The molecule has 2 heterocycles. The van der Waals surface area contributed by atoms with E-state index in [1.807, 2.05) is 67.1 Å². The summed E-state index contributed by atoms with van der Waals surface area (Å²) in [7, 11) is 3.96. The summed E-state index contributed by atoms with van der Waals surface area (Å²) in [4.78, 5) is 23.1. The molecule has 1 amide bonds. The molecule has 9 heteroatoms. The SMILES string of the molecule is C=C(/N=C\C=C(/C)Oc1cccc2cc(C(=O)Nc3cc(C(C)(C)C)ccc3[S+](C)[O-])n(C)c12)N1CCN(C)CC1. The normalized spacial score (nSPS) is 15.9. The number of piperazine rings is 1. The van der Waals surface area contributed by atoms with Crippen LogP contribution in [0.25, 0.3) is 10.9 Å². The molecule has 218 valence electrons. The quantitative estimate of drug-likeness (QED) is 0.217. The van der Waals surface area contributed by atoms with Crippen molar-refractivity contribution in [1.82, 2.24) is 14.4 Å². The van der Waals surface area contributed by atoms with Gasteiger partial charge in [-0.3, -0.25) is 4.79 Å². The molecule has 0 aliphatic carbocycles. The lowest BCUT2D eigenvalue weighted by atomic mass is 9.87.